The van der Waals surface area contributed by atoms with Crippen molar-refractivity contribution in [1.82, 2.24) is 14.1 Å². The van der Waals surface area contributed by atoms with E-state index in [4.69, 9.17) is 4.74 Å². The van der Waals surface area contributed by atoms with Gasteiger partial charge in [-0.05, 0) is 42.5 Å². The molecule has 3 aromatic carbocycles. The molecule has 1 saturated heterocycles. The lowest BCUT2D eigenvalue weighted by atomic mass is 10.0. The van der Waals surface area contributed by atoms with Crippen molar-refractivity contribution in [3.05, 3.63) is 102 Å². The second-order valence-corrected chi connectivity index (χ2v) is 12.2. The lowest BCUT2D eigenvalue weighted by Gasteiger charge is -2.39. The summed E-state index contributed by atoms with van der Waals surface area (Å²) >= 11 is 0. The predicted octanol–water partition coefficient (Wildman–Crippen LogP) is 4.32. The highest BCUT2D eigenvalue weighted by molar-refractivity contribution is 7.89. The highest BCUT2D eigenvalue weighted by atomic mass is 32.2. The van der Waals surface area contributed by atoms with Crippen molar-refractivity contribution in [2.45, 2.75) is 50.3 Å². The van der Waals surface area contributed by atoms with E-state index in [0.717, 1.165) is 11.1 Å². The molecule has 9 heteroatoms. The molecule has 0 spiro atoms. The minimum absolute atomic E-state index is 0.00947. The summed E-state index contributed by atoms with van der Waals surface area (Å²) in [5.41, 5.74) is 1.99. The van der Waals surface area contributed by atoms with Crippen molar-refractivity contribution in [3.63, 3.8) is 0 Å². The molecule has 1 fully saturated rings. The van der Waals surface area contributed by atoms with Gasteiger partial charge >= 0.3 is 0 Å². The first-order valence-electron chi connectivity index (χ1n) is 14.2. The van der Waals surface area contributed by atoms with Crippen LogP contribution in [0.3, 0.4) is 0 Å². The fraction of sp³-hybridized carbons (Fsp3) is 0.375. The van der Waals surface area contributed by atoms with E-state index in [1.807, 2.05) is 67.6 Å². The molecule has 4 rings (SSSR count). The van der Waals surface area contributed by atoms with Crippen molar-refractivity contribution in [1.29, 1.82) is 0 Å². The average molecular weight is 578 g/mol. The molecule has 0 radical (unpaired) electrons. The van der Waals surface area contributed by atoms with Crippen molar-refractivity contribution >= 4 is 21.8 Å². The molecular weight excluding hydrogens is 538 g/mol. The number of carbonyl (C=O) groups excluding carboxylic acids is 2. The van der Waals surface area contributed by atoms with Gasteiger partial charge in [-0.2, -0.15) is 4.31 Å². The van der Waals surface area contributed by atoms with Crippen LogP contribution in [-0.4, -0.2) is 73.2 Å². The molecular formula is C32H39N3O5S. The quantitative estimate of drug-likeness (QED) is 0.302. The second-order valence-electron chi connectivity index (χ2n) is 10.2. The number of amides is 2. The summed E-state index contributed by atoms with van der Waals surface area (Å²) in [5, 5.41) is 0. The van der Waals surface area contributed by atoms with E-state index in [1.165, 1.54) is 4.31 Å². The Morgan fingerprint density at radius 2 is 1.41 bits per heavy atom. The number of rotatable bonds is 13. The first kappa shape index (κ1) is 30.4. The van der Waals surface area contributed by atoms with Gasteiger partial charge in [0.1, 0.15) is 6.61 Å². The summed E-state index contributed by atoms with van der Waals surface area (Å²) in [7, 11) is -3.83. The van der Waals surface area contributed by atoms with E-state index < -0.39 is 10.0 Å². The van der Waals surface area contributed by atoms with Crippen molar-refractivity contribution in [2.24, 2.45) is 0 Å². The van der Waals surface area contributed by atoms with Crippen LogP contribution in [0.25, 0.3) is 0 Å². The lowest BCUT2D eigenvalue weighted by molar-refractivity contribution is -0.140. The van der Waals surface area contributed by atoms with Crippen LogP contribution in [-0.2, 0) is 37.5 Å². The fourth-order valence-corrected chi connectivity index (χ4v) is 6.57. The maximum absolute atomic E-state index is 13.8. The zero-order valence-electron chi connectivity index (χ0n) is 23.6. The Kier molecular flexibility index (Phi) is 11.1. The number of likely N-dealkylation sites (tertiary alicyclic amines) is 1. The number of carbonyl (C=O) groups is 2. The Morgan fingerprint density at radius 1 is 0.854 bits per heavy atom. The van der Waals surface area contributed by atoms with Gasteiger partial charge < -0.3 is 14.5 Å². The van der Waals surface area contributed by atoms with Crippen molar-refractivity contribution < 1.29 is 22.7 Å². The molecule has 0 unspecified atom stereocenters. The average Bonchev–Trinajstić information content (AvgIpc) is 3.01. The molecule has 0 aromatic heterocycles. The minimum Gasteiger partial charge on any atom is -0.367 e. The van der Waals surface area contributed by atoms with E-state index in [0.29, 0.717) is 45.5 Å². The summed E-state index contributed by atoms with van der Waals surface area (Å²) in [6.45, 7) is 3.70. The van der Waals surface area contributed by atoms with Gasteiger partial charge in [0.15, 0.2) is 0 Å². The first-order chi connectivity index (χ1) is 19.9. The number of piperidine rings is 1. The van der Waals surface area contributed by atoms with Gasteiger partial charge in [-0.25, -0.2) is 8.42 Å². The summed E-state index contributed by atoms with van der Waals surface area (Å²) in [5.74, 6) is -0.304. The molecule has 0 bridgehead atoms. The zero-order valence-corrected chi connectivity index (χ0v) is 24.4. The highest BCUT2D eigenvalue weighted by Gasteiger charge is 2.33. The number of nitrogens with zero attached hydrogens (tertiary/aromatic N) is 3. The Morgan fingerprint density at radius 3 is 2.00 bits per heavy atom. The van der Waals surface area contributed by atoms with Crippen LogP contribution in [0.4, 0.5) is 0 Å². The van der Waals surface area contributed by atoms with Crippen LogP contribution in [0.1, 0.15) is 37.3 Å². The molecule has 218 valence electrons. The van der Waals surface area contributed by atoms with E-state index in [-0.39, 0.29) is 42.4 Å². The second kappa shape index (κ2) is 14.9. The van der Waals surface area contributed by atoms with Gasteiger partial charge in [0, 0.05) is 32.2 Å². The van der Waals surface area contributed by atoms with Gasteiger partial charge in [-0.1, -0.05) is 85.8 Å². The predicted molar refractivity (Wildman–Crippen MR) is 158 cm³/mol. The van der Waals surface area contributed by atoms with Crippen LogP contribution in [0, 0.1) is 0 Å². The molecule has 8 nitrogen and oxygen atoms in total. The van der Waals surface area contributed by atoms with E-state index in [9.17, 15) is 18.0 Å². The maximum Gasteiger partial charge on any atom is 0.248 e. The molecule has 3 aromatic rings. The Labute approximate surface area is 243 Å². The molecule has 1 aliphatic rings. The molecule has 0 N–H and O–H groups in total. The standard InChI is InChI=1S/C32H39N3O5S/c1-2-20-34(41(38,39)30-16-10-5-11-17-30)24-31(36)35(23-27-12-6-3-7-13-27)29-18-21-33(22-19-29)32(37)26-40-25-28-14-8-4-9-15-28/h3-17,29H,2,18-26H2,1H3. The van der Waals surface area contributed by atoms with E-state index in [1.54, 1.807) is 40.1 Å². The van der Waals surface area contributed by atoms with Crippen LogP contribution >= 0.6 is 0 Å². The third kappa shape index (κ3) is 8.48. The SMILES string of the molecule is CCCN(CC(=O)N(Cc1ccccc1)C1CCN(C(=O)COCc2ccccc2)CC1)S(=O)(=O)c1ccccc1. The van der Waals surface area contributed by atoms with Gasteiger partial charge in [0.25, 0.3) is 0 Å². The number of ether oxygens (including phenoxy) is 1. The van der Waals surface area contributed by atoms with Crippen molar-refractivity contribution in [3.8, 4) is 0 Å². The zero-order chi connectivity index (χ0) is 29.1. The third-order valence-electron chi connectivity index (χ3n) is 7.28. The summed E-state index contributed by atoms with van der Waals surface area (Å²) in [6.07, 6.45) is 1.81. The molecule has 1 aliphatic heterocycles. The largest absolute Gasteiger partial charge is 0.367 e. The van der Waals surface area contributed by atoms with Crippen LogP contribution in [0.15, 0.2) is 95.9 Å². The summed E-state index contributed by atoms with van der Waals surface area (Å²) < 4.78 is 33.7. The first-order valence-corrected chi connectivity index (χ1v) is 15.6. The molecule has 0 saturated carbocycles. The molecule has 1 heterocycles. The number of benzene rings is 3. The normalized spacial score (nSPS) is 14.2. The summed E-state index contributed by atoms with van der Waals surface area (Å²) in [6, 6.07) is 27.6. The van der Waals surface area contributed by atoms with Crippen LogP contribution in [0.5, 0.6) is 0 Å². The monoisotopic (exact) mass is 577 g/mol. The molecule has 0 aliphatic carbocycles. The minimum atomic E-state index is -3.83. The van der Waals surface area contributed by atoms with Crippen LogP contribution < -0.4 is 0 Å². The van der Waals surface area contributed by atoms with Gasteiger partial charge in [-0.15, -0.1) is 0 Å². The molecule has 41 heavy (non-hydrogen) atoms. The van der Waals surface area contributed by atoms with Gasteiger partial charge in [0.2, 0.25) is 21.8 Å². The smallest absolute Gasteiger partial charge is 0.248 e. The van der Waals surface area contributed by atoms with Crippen molar-refractivity contribution in [2.75, 3.05) is 32.8 Å². The number of sulfonamides is 1. The Hall–Kier alpha value is -3.53. The van der Waals surface area contributed by atoms with Gasteiger partial charge in [-0.3, -0.25) is 9.59 Å². The van der Waals surface area contributed by atoms with E-state index >= 15 is 0 Å². The lowest BCUT2D eigenvalue weighted by Crippen LogP contribution is -2.51. The highest BCUT2D eigenvalue weighted by Crippen LogP contribution is 2.22. The van der Waals surface area contributed by atoms with Gasteiger partial charge in [0.05, 0.1) is 18.0 Å². The third-order valence-corrected chi connectivity index (χ3v) is 9.14. The molecule has 2 amide bonds. The Bertz CT molecular complexity index is 1350. The Balaban J connectivity index is 1.41. The fourth-order valence-electron chi connectivity index (χ4n) is 5.07. The topological polar surface area (TPSA) is 87.2 Å². The molecule has 0 atom stereocenters. The number of hydrogen-bond acceptors (Lipinski definition) is 5. The summed E-state index contributed by atoms with van der Waals surface area (Å²) in [4.78, 5) is 30.4. The van der Waals surface area contributed by atoms with Crippen LogP contribution in [0.2, 0.25) is 0 Å². The number of hydrogen-bond donors (Lipinski definition) is 0. The maximum atomic E-state index is 13.8. The van der Waals surface area contributed by atoms with E-state index in [2.05, 4.69) is 0 Å².